The van der Waals surface area contributed by atoms with Crippen LogP contribution < -0.4 is 10.5 Å². The molecule has 0 aliphatic rings. The number of hydrogen-bond acceptors (Lipinski definition) is 6. The third-order valence-corrected chi connectivity index (χ3v) is 2.73. The van der Waals surface area contributed by atoms with Crippen LogP contribution in [0.4, 0.5) is 5.69 Å². The topological polar surface area (TPSA) is 104 Å². The van der Waals surface area contributed by atoms with Crippen LogP contribution in [-0.2, 0) is 6.54 Å². The molecule has 1 heterocycles. The van der Waals surface area contributed by atoms with E-state index in [4.69, 9.17) is 10.5 Å². The number of benzene rings is 1. The maximum absolute atomic E-state index is 10.9. The second-order valence-corrected chi connectivity index (χ2v) is 4.46. The third kappa shape index (κ3) is 3.24. The van der Waals surface area contributed by atoms with Crippen LogP contribution in [0.5, 0.6) is 11.8 Å². The molecular weight excluding hydrogens is 316 g/mol. The summed E-state index contributed by atoms with van der Waals surface area (Å²) in [5.41, 5.74) is 6.00. The quantitative estimate of drug-likeness (QED) is 0.684. The Morgan fingerprint density at radius 1 is 1.37 bits per heavy atom. The number of nitrogens with zero attached hydrogens (tertiary/aromatic N) is 3. The summed E-state index contributed by atoms with van der Waals surface area (Å²) in [6, 6.07) is 4.49. The zero-order valence-corrected chi connectivity index (χ0v) is 11.2. The lowest BCUT2D eigenvalue weighted by Crippen LogP contribution is -2.00. The van der Waals surface area contributed by atoms with E-state index in [1.807, 2.05) is 0 Å². The van der Waals surface area contributed by atoms with Crippen molar-refractivity contribution in [2.45, 2.75) is 6.54 Å². The summed E-state index contributed by atoms with van der Waals surface area (Å²) in [4.78, 5) is 18.2. The Kier molecular flexibility index (Phi) is 4.03. The first-order chi connectivity index (χ1) is 9.10. The zero-order chi connectivity index (χ0) is 13.8. The van der Waals surface area contributed by atoms with Crippen LogP contribution in [0.3, 0.4) is 0 Å². The summed E-state index contributed by atoms with van der Waals surface area (Å²) >= 11 is 3.16. The van der Waals surface area contributed by atoms with E-state index in [0.29, 0.717) is 11.0 Å². The lowest BCUT2D eigenvalue weighted by molar-refractivity contribution is -0.385. The number of nitrogens with two attached hydrogens (primary N) is 1. The predicted octanol–water partition coefficient (Wildman–Crippen LogP) is 2.40. The normalized spacial score (nSPS) is 10.2. The second kappa shape index (κ2) is 5.72. The van der Waals surface area contributed by atoms with Crippen molar-refractivity contribution in [2.75, 3.05) is 0 Å². The van der Waals surface area contributed by atoms with E-state index in [0.717, 1.165) is 5.56 Å². The number of ether oxygens (including phenoxy) is 1. The summed E-state index contributed by atoms with van der Waals surface area (Å²) in [6.07, 6.45) is 3.01. The predicted molar refractivity (Wildman–Crippen MR) is 70.8 cm³/mol. The van der Waals surface area contributed by atoms with E-state index in [1.165, 1.54) is 24.5 Å². The highest BCUT2D eigenvalue weighted by Crippen LogP contribution is 2.32. The van der Waals surface area contributed by atoms with Gasteiger partial charge >= 0.3 is 11.7 Å². The molecule has 1 aromatic heterocycles. The lowest BCUT2D eigenvalue weighted by atomic mass is 10.3. The van der Waals surface area contributed by atoms with Gasteiger partial charge in [0.2, 0.25) is 5.75 Å². The van der Waals surface area contributed by atoms with Gasteiger partial charge in [0.05, 0.1) is 4.92 Å². The molecule has 0 unspecified atom stereocenters. The molecule has 0 radical (unpaired) electrons. The Labute approximate surface area is 116 Å². The molecule has 98 valence electrons. The molecule has 0 amide bonds. The van der Waals surface area contributed by atoms with Crippen molar-refractivity contribution >= 4 is 21.6 Å². The van der Waals surface area contributed by atoms with Crippen molar-refractivity contribution in [3.8, 4) is 11.8 Å². The molecule has 0 aliphatic heterocycles. The van der Waals surface area contributed by atoms with Gasteiger partial charge < -0.3 is 10.5 Å². The Morgan fingerprint density at radius 2 is 2.05 bits per heavy atom. The Hall–Kier alpha value is -2.06. The fourth-order valence-electron chi connectivity index (χ4n) is 1.32. The van der Waals surface area contributed by atoms with Gasteiger partial charge in [0.1, 0.15) is 0 Å². The molecular formula is C11H9BrN4O3. The van der Waals surface area contributed by atoms with Crippen LogP contribution in [0.15, 0.2) is 35.1 Å². The molecule has 0 saturated heterocycles. The number of rotatable bonds is 4. The van der Waals surface area contributed by atoms with Gasteiger partial charge in [-0.15, -0.1) is 0 Å². The first-order valence-corrected chi connectivity index (χ1v) is 6.02. The minimum absolute atomic E-state index is 0.0302. The fourth-order valence-corrected chi connectivity index (χ4v) is 1.67. The average Bonchev–Trinajstić information content (AvgIpc) is 2.41. The van der Waals surface area contributed by atoms with Crippen molar-refractivity contribution < 1.29 is 9.66 Å². The van der Waals surface area contributed by atoms with Gasteiger partial charge in [0, 0.05) is 35.0 Å². The monoisotopic (exact) mass is 324 g/mol. The molecule has 0 bridgehead atoms. The van der Waals surface area contributed by atoms with Gasteiger partial charge in [0.25, 0.3) is 0 Å². The molecule has 0 saturated carbocycles. The van der Waals surface area contributed by atoms with Crippen LogP contribution in [0.1, 0.15) is 5.56 Å². The number of hydrogen-bond donors (Lipinski definition) is 1. The highest BCUT2D eigenvalue weighted by Gasteiger charge is 2.17. The van der Waals surface area contributed by atoms with E-state index in [-0.39, 0.29) is 17.4 Å². The van der Waals surface area contributed by atoms with E-state index in [1.54, 1.807) is 6.07 Å². The Balaban J connectivity index is 2.29. The minimum Gasteiger partial charge on any atom is -0.417 e. The summed E-state index contributed by atoms with van der Waals surface area (Å²) in [5, 5.41) is 10.9. The first kappa shape index (κ1) is 13.4. The highest BCUT2D eigenvalue weighted by atomic mass is 79.9. The molecule has 0 aliphatic carbocycles. The summed E-state index contributed by atoms with van der Waals surface area (Å²) in [6.45, 7) is 0.318. The van der Waals surface area contributed by atoms with E-state index < -0.39 is 4.92 Å². The summed E-state index contributed by atoms with van der Waals surface area (Å²) < 4.78 is 5.89. The number of aromatic nitrogens is 2. The minimum atomic E-state index is -0.533. The zero-order valence-electron chi connectivity index (χ0n) is 9.62. The molecule has 2 rings (SSSR count). The van der Waals surface area contributed by atoms with Gasteiger partial charge in [-0.3, -0.25) is 10.1 Å². The molecule has 0 spiro atoms. The van der Waals surface area contributed by atoms with Crippen molar-refractivity contribution in [3.63, 3.8) is 0 Å². The van der Waals surface area contributed by atoms with Crippen molar-refractivity contribution in [1.29, 1.82) is 0 Å². The number of halogens is 1. The number of nitro groups is 1. The standard InChI is InChI=1S/C11H9BrN4O3/c12-8-1-2-10(9(3-8)16(17)18)19-11-14-5-7(4-13)6-15-11/h1-3,5-6H,4,13H2. The van der Waals surface area contributed by atoms with Crippen LogP contribution >= 0.6 is 15.9 Å². The van der Waals surface area contributed by atoms with Crippen LogP contribution in [-0.4, -0.2) is 14.9 Å². The molecule has 1 aromatic carbocycles. The number of nitro benzene ring substituents is 1. The van der Waals surface area contributed by atoms with Gasteiger partial charge in [-0.1, -0.05) is 15.9 Å². The molecule has 2 aromatic rings. The first-order valence-electron chi connectivity index (χ1n) is 5.23. The van der Waals surface area contributed by atoms with E-state index in [2.05, 4.69) is 25.9 Å². The molecule has 8 heteroatoms. The molecule has 19 heavy (non-hydrogen) atoms. The van der Waals surface area contributed by atoms with Gasteiger partial charge in [0.15, 0.2) is 0 Å². The second-order valence-electron chi connectivity index (χ2n) is 3.55. The SMILES string of the molecule is NCc1cnc(Oc2ccc(Br)cc2[N+](=O)[O-])nc1. The van der Waals surface area contributed by atoms with E-state index >= 15 is 0 Å². The smallest absolute Gasteiger partial charge is 0.322 e. The molecule has 7 nitrogen and oxygen atoms in total. The lowest BCUT2D eigenvalue weighted by Gasteiger charge is -2.05. The molecule has 0 atom stereocenters. The Bertz CT molecular complexity index is 603. The maximum Gasteiger partial charge on any atom is 0.322 e. The van der Waals surface area contributed by atoms with Crippen molar-refractivity contribution in [3.05, 3.63) is 50.7 Å². The van der Waals surface area contributed by atoms with Gasteiger partial charge in [-0.05, 0) is 12.1 Å². The third-order valence-electron chi connectivity index (χ3n) is 2.24. The summed E-state index contributed by atoms with van der Waals surface area (Å²) in [5.74, 6) is 0.0775. The fraction of sp³-hybridized carbons (Fsp3) is 0.0909. The largest absolute Gasteiger partial charge is 0.417 e. The average molecular weight is 325 g/mol. The molecule has 0 fully saturated rings. The van der Waals surface area contributed by atoms with Gasteiger partial charge in [-0.2, -0.15) is 0 Å². The van der Waals surface area contributed by atoms with Crippen LogP contribution in [0.25, 0.3) is 0 Å². The molecule has 2 N–H and O–H groups in total. The maximum atomic E-state index is 10.9. The van der Waals surface area contributed by atoms with E-state index in [9.17, 15) is 10.1 Å². The Morgan fingerprint density at radius 3 is 2.63 bits per heavy atom. The highest BCUT2D eigenvalue weighted by molar-refractivity contribution is 9.10. The van der Waals surface area contributed by atoms with Crippen molar-refractivity contribution in [1.82, 2.24) is 9.97 Å². The van der Waals surface area contributed by atoms with Crippen LogP contribution in [0.2, 0.25) is 0 Å². The summed E-state index contributed by atoms with van der Waals surface area (Å²) in [7, 11) is 0. The van der Waals surface area contributed by atoms with Crippen molar-refractivity contribution in [2.24, 2.45) is 5.73 Å². The van der Waals surface area contributed by atoms with Crippen LogP contribution in [0, 0.1) is 10.1 Å². The van der Waals surface area contributed by atoms with Gasteiger partial charge in [-0.25, -0.2) is 9.97 Å².